The summed E-state index contributed by atoms with van der Waals surface area (Å²) in [7, 11) is -3.65. The number of hydrogen-bond donors (Lipinski definition) is 2. The number of aliphatic hydroxyl groups is 1. The molecule has 0 fully saturated rings. The molecule has 0 amide bonds. The molecule has 120 valence electrons. The predicted molar refractivity (Wildman–Crippen MR) is 85.9 cm³/mol. The molecule has 0 aromatic heterocycles. The van der Waals surface area contributed by atoms with E-state index in [1.807, 2.05) is 0 Å². The van der Waals surface area contributed by atoms with Crippen molar-refractivity contribution in [3.63, 3.8) is 0 Å². The number of unbranched alkanes of at least 4 members (excludes halogenated alkanes) is 1. The Kier molecular flexibility index (Phi) is 7.66. The highest BCUT2D eigenvalue weighted by Gasteiger charge is 2.19. The van der Waals surface area contributed by atoms with Gasteiger partial charge in [0.05, 0.1) is 11.6 Å². The van der Waals surface area contributed by atoms with Crippen LogP contribution in [0.2, 0.25) is 5.02 Å². The van der Waals surface area contributed by atoms with E-state index in [4.69, 9.17) is 16.7 Å². The van der Waals surface area contributed by atoms with Crippen LogP contribution in [0.15, 0.2) is 23.1 Å². The molecule has 0 aliphatic rings. The quantitative estimate of drug-likeness (QED) is 0.728. The summed E-state index contributed by atoms with van der Waals surface area (Å²) in [4.78, 5) is 0.0288. The molecule has 0 bridgehead atoms. The fraction of sp³-hybridized carbons (Fsp3) is 0.600. The molecule has 1 aromatic rings. The maximum atomic E-state index is 12.3. The van der Waals surface area contributed by atoms with Gasteiger partial charge in [-0.05, 0) is 30.0 Å². The predicted octanol–water partition coefficient (Wildman–Crippen LogP) is 3.33. The van der Waals surface area contributed by atoms with Crippen molar-refractivity contribution >= 4 is 21.6 Å². The van der Waals surface area contributed by atoms with Crippen LogP contribution in [0, 0.1) is 5.92 Å². The molecule has 0 aliphatic heterocycles. The largest absolute Gasteiger partial charge is 0.392 e. The van der Waals surface area contributed by atoms with Gasteiger partial charge in [0.25, 0.3) is 0 Å². The van der Waals surface area contributed by atoms with Crippen molar-refractivity contribution in [2.75, 3.05) is 6.54 Å². The zero-order valence-electron chi connectivity index (χ0n) is 12.6. The van der Waals surface area contributed by atoms with Crippen molar-refractivity contribution in [2.45, 2.75) is 51.0 Å². The molecular formula is C15H24ClNO3S. The normalized spacial score (nSPS) is 13.3. The molecule has 1 unspecified atom stereocenters. The Bertz CT molecular complexity index is 546. The number of nitrogens with one attached hydrogen (secondary N) is 1. The molecule has 1 aromatic carbocycles. The number of benzene rings is 1. The van der Waals surface area contributed by atoms with Crippen LogP contribution in [-0.2, 0) is 16.6 Å². The second kappa shape index (κ2) is 8.73. The van der Waals surface area contributed by atoms with Crippen molar-refractivity contribution in [1.82, 2.24) is 4.72 Å². The monoisotopic (exact) mass is 333 g/mol. The van der Waals surface area contributed by atoms with Gasteiger partial charge in [-0.25, -0.2) is 13.1 Å². The van der Waals surface area contributed by atoms with Gasteiger partial charge in [0.15, 0.2) is 0 Å². The van der Waals surface area contributed by atoms with E-state index < -0.39 is 10.0 Å². The van der Waals surface area contributed by atoms with Gasteiger partial charge < -0.3 is 5.11 Å². The molecule has 0 aliphatic carbocycles. The SMILES string of the molecule is CCCCC(CC)CNS(=O)(=O)c1cc(CO)ccc1Cl. The highest BCUT2D eigenvalue weighted by molar-refractivity contribution is 7.89. The fourth-order valence-corrected chi connectivity index (χ4v) is 3.76. The number of aliphatic hydroxyl groups excluding tert-OH is 1. The van der Waals surface area contributed by atoms with E-state index in [-0.39, 0.29) is 16.5 Å². The van der Waals surface area contributed by atoms with Crippen LogP contribution in [0.3, 0.4) is 0 Å². The highest BCUT2D eigenvalue weighted by Crippen LogP contribution is 2.23. The molecule has 1 atom stereocenters. The molecule has 1 rings (SSSR count). The third kappa shape index (κ3) is 5.58. The van der Waals surface area contributed by atoms with Crippen LogP contribution in [0.1, 0.15) is 45.1 Å². The summed E-state index contributed by atoms with van der Waals surface area (Å²) in [5, 5.41) is 9.28. The Morgan fingerprint density at radius 2 is 2.05 bits per heavy atom. The van der Waals surface area contributed by atoms with Gasteiger partial charge >= 0.3 is 0 Å². The van der Waals surface area contributed by atoms with Gasteiger partial charge in [-0.3, -0.25) is 0 Å². The summed E-state index contributed by atoms with van der Waals surface area (Å²) in [5.74, 6) is 0.333. The molecule has 0 saturated carbocycles. The molecule has 0 saturated heterocycles. The van der Waals surface area contributed by atoms with E-state index in [9.17, 15) is 8.42 Å². The number of hydrogen-bond acceptors (Lipinski definition) is 3. The lowest BCUT2D eigenvalue weighted by Crippen LogP contribution is -2.29. The zero-order chi connectivity index (χ0) is 15.9. The molecule has 2 N–H and O–H groups in total. The summed E-state index contributed by atoms with van der Waals surface area (Å²) >= 11 is 5.97. The fourth-order valence-electron chi connectivity index (χ4n) is 2.10. The van der Waals surface area contributed by atoms with E-state index in [0.717, 1.165) is 25.7 Å². The Morgan fingerprint density at radius 1 is 1.33 bits per heavy atom. The smallest absolute Gasteiger partial charge is 0.242 e. The average Bonchev–Trinajstić information content (AvgIpc) is 2.47. The Morgan fingerprint density at radius 3 is 2.62 bits per heavy atom. The standard InChI is InChI=1S/C15H24ClNO3S/c1-3-5-6-12(4-2)10-17-21(19,20)15-9-13(11-18)7-8-14(15)16/h7-9,12,17-18H,3-6,10-11H2,1-2H3. The number of sulfonamides is 1. The van der Waals surface area contributed by atoms with Gasteiger partial charge in [-0.2, -0.15) is 0 Å². The topological polar surface area (TPSA) is 66.4 Å². The molecule has 4 nitrogen and oxygen atoms in total. The molecule has 21 heavy (non-hydrogen) atoms. The summed E-state index contributed by atoms with van der Waals surface area (Å²) in [6.45, 7) is 4.39. The average molecular weight is 334 g/mol. The van der Waals surface area contributed by atoms with Gasteiger partial charge in [0.1, 0.15) is 4.90 Å². The van der Waals surface area contributed by atoms with Gasteiger partial charge in [-0.15, -0.1) is 0 Å². The van der Waals surface area contributed by atoms with Crippen molar-refractivity contribution in [3.8, 4) is 0 Å². The van der Waals surface area contributed by atoms with Crippen LogP contribution in [0.4, 0.5) is 0 Å². The Labute approximate surface area is 132 Å². The lowest BCUT2D eigenvalue weighted by Gasteiger charge is -2.16. The van der Waals surface area contributed by atoms with E-state index in [2.05, 4.69) is 18.6 Å². The van der Waals surface area contributed by atoms with Crippen LogP contribution >= 0.6 is 11.6 Å². The molecule has 6 heteroatoms. The van der Waals surface area contributed by atoms with Crippen molar-refractivity contribution in [3.05, 3.63) is 28.8 Å². The lowest BCUT2D eigenvalue weighted by molar-refractivity contribution is 0.281. The Hall–Kier alpha value is -0.620. The summed E-state index contributed by atoms with van der Waals surface area (Å²) in [6.07, 6.45) is 4.15. The van der Waals surface area contributed by atoms with Crippen molar-refractivity contribution in [1.29, 1.82) is 0 Å². The minimum absolute atomic E-state index is 0.0288. The number of rotatable bonds is 9. The first-order chi connectivity index (χ1) is 9.94. The lowest BCUT2D eigenvalue weighted by atomic mass is 10.00. The first kappa shape index (κ1) is 18.4. The molecule has 0 spiro atoms. The summed E-state index contributed by atoms with van der Waals surface area (Å²) in [6, 6.07) is 4.52. The van der Waals surface area contributed by atoms with E-state index in [1.165, 1.54) is 12.1 Å². The van der Waals surface area contributed by atoms with E-state index in [1.54, 1.807) is 6.07 Å². The van der Waals surface area contributed by atoms with E-state index >= 15 is 0 Å². The van der Waals surface area contributed by atoms with Crippen molar-refractivity contribution in [2.24, 2.45) is 5.92 Å². The summed E-state index contributed by atoms with van der Waals surface area (Å²) < 4.78 is 27.3. The van der Waals surface area contributed by atoms with Gasteiger partial charge in [0.2, 0.25) is 10.0 Å². The second-order valence-corrected chi connectivity index (χ2v) is 7.33. The van der Waals surface area contributed by atoms with Crippen LogP contribution in [0.25, 0.3) is 0 Å². The Balaban J connectivity index is 2.81. The maximum Gasteiger partial charge on any atom is 0.242 e. The number of halogens is 1. The van der Waals surface area contributed by atoms with Crippen molar-refractivity contribution < 1.29 is 13.5 Å². The molecular weight excluding hydrogens is 310 g/mol. The van der Waals surface area contributed by atoms with Crippen LogP contribution < -0.4 is 4.72 Å². The zero-order valence-corrected chi connectivity index (χ0v) is 14.2. The van der Waals surface area contributed by atoms with Crippen LogP contribution in [-0.4, -0.2) is 20.1 Å². The second-order valence-electron chi connectivity index (χ2n) is 5.19. The molecule has 0 radical (unpaired) electrons. The van der Waals surface area contributed by atoms with Gasteiger partial charge in [-0.1, -0.05) is 50.8 Å². The maximum absolute atomic E-state index is 12.3. The van der Waals surface area contributed by atoms with E-state index in [0.29, 0.717) is 18.0 Å². The first-order valence-corrected chi connectivity index (χ1v) is 9.19. The molecule has 0 heterocycles. The van der Waals surface area contributed by atoms with Gasteiger partial charge in [0, 0.05) is 6.54 Å². The minimum Gasteiger partial charge on any atom is -0.392 e. The third-order valence-corrected chi connectivity index (χ3v) is 5.48. The summed E-state index contributed by atoms with van der Waals surface area (Å²) in [5.41, 5.74) is 0.526. The minimum atomic E-state index is -3.65. The van der Waals surface area contributed by atoms with Crippen LogP contribution in [0.5, 0.6) is 0 Å². The first-order valence-electron chi connectivity index (χ1n) is 7.33. The highest BCUT2D eigenvalue weighted by atomic mass is 35.5. The third-order valence-electron chi connectivity index (χ3n) is 3.57.